The third-order valence-corrected chi connectivity index (χ3v) is 3.81. The van der Waals surface area contributed by atoms with Crippen LogP contribution in [0.3, 0.4) is 0 Å². The first-order valence-electron chi connectivity index (χ1n) is 6.26. The van der Waals surface area contributed by atoms with Crippen LogP contribution in [0.4, 0.5) is 0 Å². The van der Waals surface area contributed by atoms with E-state index in [0.29, 0.717) is 6.42 Å². The molecule has 84 valence electrons. The molecule has 2 fully saturated rings. The molecular weight excluding hydrogens is 186 g/mol. The lowest BCUT2D eigenvalue weighted by molar-refractivity contribution is -0.114. The topological polar surface area (TPSA) is 20.3 Å². The summed E-state index contributed by atoms with van der Waals surface area (Å²) in [5, 5.41) is 0. The molecule has 2 saturated heterocycles. The van der Waals surface area contributed by atoms with Gasteiger partial charge in [0, 0.05) is 25.0 Å². The molecule has 15 heavy (non-hydrogen) atoms. The second kappa shape index (κ2) is 4.93. The third kappa shape index (κ3) is 2.49. The molecule has 0 saturated carbocycles. The van der Waals surface area contributed by atoms with Crippen LogP contribution in [0.1, 0.15) is 45.4 Å². The van der Waals surface area contributed by atoms with Crippen molar-refractivity contribution in [2.45, 2.75) is 57.5 Å². The maximum Gasteiger partial charge on any atom is 0.155 e. The van der Waals surface area contributed by atoms with Crippen LogP contribution in [0.2, 0.25) is 0 Å². The molecule has 0 N–H and O–H groups in total. The fourth-order valence-electron chi connectivity index (χ4n) is 2.95. The molecule has 0 radical (unpaired) electrons. The number of carbonyl (C=O) groups is 1. The minimum absolute atomic E-state index is 0.249. The van der Waals surface area contributed by atoms with Crippen molar-refractivity contribution in [1.29, 1.82) is 0 Å². The Morgan fingerprint density at radius 1 is 1.27 bits per heavy atom. The SMILES string of the molecule is CCC(=O)/C=C/CN1C2CCCC1CC2. The van der Waals surface area contributed by atoms with E-state index in [4.69, 9.17) is 0 Å². The summed E-state index contributed by atoms with van der Waals surface area (Å²) < 4.78 is 0. The molecule has 2 nitrogen and oxygen atoms in total. The quantitative estimate of drug-likeness (QED) is 0.660. The maximum atomic E-state index is 11.1. The van der Waals surface area contributed by atoms with Crippen LogP contribution in [0.5, 0.6) is 0 Å². The van der Waals surface area contributed by atoms with Gasteiger partial charge >= 0.3 is 0 Å². The van der Waals surface area contributed by atoms with Gasteiger partial charge in [-0.2, -0.15) is 0 Å². The van der Waals surface area contributed by atoms with E-state index in [1.165, 1.54) is 32.1 Å². The van der Waals surface area contributed by atoms with E-state index in [9.17, 15) is 4.79 Å². The van der Waals surface area contributed by atoms with Crippen LogP contribution in [0.15, 0.2) is 12.2 Å². The molecule has 2 heteroatoms. The number of ketones is 1. The number of hydrogen-bond donors (Lipinski definition) is 0. The zero-order valence-corrected chi connectivity index (χ0v) is 9.61. The van der Waals surface area contributed by atoms with Crippen LogP contribution in [-0.4, -0.2) is 29.3 Å². The van der Waals surface area contributed by atoms with E-state index in [1.54, 1.807) is 6.08 Å². The molecule has 2 aliphatic rings. The Morgan fingerprint density at radius 2 is 1.93 bits per heavy atom. The van der Waals surface area contributed by atoms with Crippen molar-refractivity contribution in [3.63, 3.8) is 0 Å². The summed E-state index contributed by atoms with van der Waals surface area (Å²) in [6, 6.07) is 1.62. The van der Waals surface area contributed by atoms with Crippen molar-refractivity contribution in [3.05, 3.63) is 12.2 Å². The molecule has 0 aromatic heterocycles. The molecule has 2 unspecified atom stereocenters. The van der Waals surface area contributed by atoms with Gasteiger partial charge in [0.1, 0.15) is 0 Å². The van der Waals surface area contributed by atoms with Gasteiger partial charge in [-0.15, -0.1) is 0 Å². The number of fused-ring (bicyclic) bond motifs is 2. The average molecular weight is 207 g/mol. The summed E-state index contributed by atoms with van der Waals surface area (Å²) in [4.78, 5) is 13.7. The second-order valence-electron chi connectivity index (χ2n) is 4.73. The Kier molecular flexibility index (Phi) is 3.57. The van der Waals surface area contributed by atoms with E-state index in [1.807, 2.05) is 6.92 Å². The zero-order valence-electron chi connectivity index (χ0n) is 9.61. The van der Waals surface area contributed by atoms with Crippen molar-refractivity contribution in [1.82, 2.24) is 4.90 Å². The molecule has 0 amide bonds. The van der Waals surface area contributed by atoms with E-state index in [2.05, 4.69) is 11.0 Å². The maximum absolute atomic E-state index is 11.1. The fourth-order valence-corrected chi connectivity index (χ4v) is 2.95. The molecule has 2 atom stereocenters. The van der Waals surface area contributed by atoms with Crippen LogP contribution < -0.4 is 0 Å². The van der Waals surface area contributed by atoms with Gasteiger partial charge in [0.05, 0.1) is 0 Å². The molecular formula is C13H21NO. The number of allylic oxidation sites excluding steroid dienone is 1. The van der Waals surface area contributed by atoms with Crippen molar-refractivity contribution >= 4 is 5.78 Å². The summed E-state index contributed by atoms with van der Waals surface area (Å²) in [7, 11) is 0. The Bertz CT molecular complexity index is 243. The normalized spacial score (nSPS) is 31.3. The standard InChI is InChI=1S/C13H21NO/c1-2-13(15)7-4-10-14-11-5-3-6-12(14)9-8-11/h4,7,11-12H,2-3,5-6,8-10H2,1H3/b7-4+. The summed E-state index contributed by atoms with van der Waals surface area (Å²) in [5.41, 5.74) is 0. The number of rotatable bonds is 4. The van der Waals surface area contributed by atoms with Gasteiger partial charge in [0.2, 0.25) is 0 Å². The van der Waals surface area contributed by atoms with Crippen LogP contribution >= 0.6 is 0 Å². The van der Waals surface area contributed by atoms with E-state index < -0.39 is 0 Å². The van der Waals surface area contributed by atoms with Gasteiger partial charge in [-0.25, -0.2) is 0 Å². The first-order chi connectivity index (χ1) is 7.31. The van der Waals surface area contributed by atoms with Crippen molar-refractivity contribution in [3.8, 4) is 0 Å². The molecule has 0 aromatic rings. The molecule has 2 bridgehead atoms. The molecule has 2 rings (SSSR count). The predicted octanol–water partition coefficient (Wildman–Crippen LogP) is 2.54. The van der Waals surface area contributed by atoms with Gasteiger partial charge < -0.3 is 0 Å². The van der Waals surface area contributed by atoms with Gasteiger partial charge in [-0.05, 0) is 31.8 Å². The predicted molar refractivity (Wildman–Crippen MR) is 61.8 cm³/mol. The highest BCUT2D eigenvalue weighted by molar-refractivity contribution is 5.89. The summed E-state index contributed by atoms with van der Waals surface area (Å²) in [6.45, 7) is 2.90. The molecule has 0 aliphatic carbocycles. The van der Waals surface area contributed by atoms with Crippen LogP contribution in [0.25, 0.3) is 0 Å². The summed E-state index contributed by atoms with van der Waals surface area (Å²) in [5.74, 6) is 0.249. The average Bonchev–Trinajstić information content (AvgIpc) is 2.50. The molecule has 0 aromatic carbocycles. The summed E-state index contributed by atoms with van der Waals surface area (Å²) in [6.07, 6.45) is 11.3. The number of nitrogens with zero attached hydrogens (tertiary/aromatic N) is 1. The first kappa shape index (κ1) is 10.9. The largest absolute Gasteiger partial charge is 0.295 e. The van der Waals surface area contributed by atoms with E-state index >= 15 is 0 Å². The van der Waals surface area contributed by atoms with Crippen molar-refractivity contribution < 1.29 is 4.79 Å². The zero-order chi connectivity index (χ0) is 10.7. The third-order valence-electron chi connectivity index (χ3n) is 3.81. The monoisotopic (exact) mass is 207 g/mol. The molecule has 0 spiro atoms. The van der Waals surface area contributed by atoms with Crippen LogP contribution in [0, 0.1) is 0 Å². The molecule has 2 heterocycles. The lowest BCUT2D eigenvalue weighted by Crippen LogP contribution is -2.39. The summed E-state index contributed by atoms with van der Waals surface area (Å²) >= 11 is 0. The minimum atomic E-state index is 0.249. The number of piperidine rings is 1. The number of hydrogen-bond acceptors (Lipinski definition) is 2. The van der Waals surface area contributed by atoms with Gasteiger partial charge in [0.25, 0.3) is 0 Å². The Balaban J connectivity index is 1.84. The first-order valence-corrected chi connectivity index (χ1v) is 6.26. The minimum Gasteiger partial charge on any atom is -0.295 e. The highest BCUT2D eigenvalue weighted by Gasteiger charge is 2.35. The Morgan fingerprint density at radius 3 is 2.53 bits per heavy atom. The Hall–Kier alpha value is -0.630. The smallest absolute Gasteiger partial charge is 0.155 e. The van der Waals surface area contributed by atoms with E-state index in [0.717, 1.165) is 18.6 Å². The van der Waals surface area contributed by atoms with Crippen molar-refractivity contribution in [2.75, 3.05) is 6.54 Å². The van der Waals surface area contributed by atoms with Gasteiger partial charge in [-0.3, -0.25) is 9.69 Å². The fraction of sp³-hybridized carbons (Fsp3) is 0.769. The highest BCUT2D eigenvalue weighted by atomic mass is 16.1. The highest BCUT2D eigenvalue weighted by Crippen LogP contribution is 2.34. The van der Waals surface area contributed by atoms with Crippen LogP contribution in [-0.2, 0) is 4.79 Å². The lowest BCUT2D eigenvalue weighted by atomic mass is 10.0. The van der Waals surface area contributed by atoms with Gasteiger partial charge in [0.15, 0.2) is 5.78 Å². The number of carbonyl (C=O) groups excluding carboxylic acids is 1. The van der Waals surface area contributed by atoms with E-state index in [-0.39, 0.29) is 5.78 Å². The van der Waals surface area contributed by atoms with Gasteiger partial charge in [-0.1, -0.05) is 19.4 Å². The van der Waals surface area contributed by atoms with Crippen molar-refractivity contribution in [2.24, 2.45) is 0 Å². The molecule has 2 aliphatic heterocycles. The second-order valence-corrected chi connectivity index (χ2v) is 4.73. The Labute approximate surface area is 92.3 Å². The lowest BCUT2D eigenvalue weighted by Gasteiger charge is -2.33.